The van der Waals surface area contributed by atoms with Crippen LogP contribution in [0, 0.1) is 0 Å². The predicted octanol–water partition coefficient (Wildman–Crippen LogP) is 3.20. The number of aromatic nitrogens is 1. The molecule has 1 aromatic rings. The molecule has 0 saturated heterocycles. The van der Waals surface area contributed by atoms with Gasteiger partial charge < -0.3 is 4.74 Å². The van der Waals surface area contributed by atoms with Gasteiger partial charge in [-0.25, -0.2) is 4.98 Å². The Kier molecular flexibility index (Phi) is 4.35. The van der Waals surface area contributed by atoms with Gasteiger partial charge in [0.15, 0.2) is 0 Å². The number of pyridine rings is 1. The van der Waals surface area contributed by atoms with E-state index in [-0.39, 0.29) is 18.4 Å². The Morgan fingerprint density at radius 2 is 2.13 bits per heavy atom. The van der Waals surface area contributed by atoms with Gasteiger partial charge in [0.25, 0.3) is 0 Å². The number of hydrogen-bond donors (Lipinski definition) is 0. The van der Waals surface area contributed by atoms with Crippen LogP contribution in [0.4, 0.5) is 13.2 Å². The minimum atomic E-state index is -4.18. The van der Waals surface area contributed by atoms with Crippen molar-refractivity contribution >= 4 is 11.6 Å². The third-order valence-electron chi connectivity index (χ3n) is 1.62. The maximum absolute atomic E-state index is 11.7. The number of nitrogens with zero attached hydrogens (tertiary/aromatic N) is 1. The molecule has 0 atom stereocenters. The molecule has 0 aliphatic heterocycles. The van der Waals surface area contributed by atoms with Crippen LogP contribution in [0.1, 0.15) is 12.0 Å². The van der Waals surface area contributed by atoms with Crippen LogP contribution in [0.25, 0.3) is 0 Å². The van der Waals surface area contributed by atoms with E-state index in [1.807, 2.05) is 0 Å². The molecule has 0 fully saturated rings. The first-order valence-electron chi connectivity index (χ1n) is 4.23. The molecule has 1 aromatic heterocycles. The summed E-state index contributed by atoms with van der Waals surface area (Å²) in [6.07, 6.45) is -3.63. The fourth-order valence-corrected chi connectivity index (χ4v) is 1.07. The second-order valence-corrected chi connectivity index (χ2v) is 3.23. The monoisotopic (exact) mass is 239 g/mol. The van der Waals surface area contributed by atoms with Crippen molar-refractivity contribution in [2.75, 3.05) is 6.61 Å². The summed E-state index contributed by atoms with van der Waals surface area (Å²) < 4.78 is 40.1. The number of rotatable bonds is 4. The van der Waals surface area contributed by atoms with E-state index in [0.29, 0.717) is 5.56 Å². The highest BCUT2D eigenvalue weighted by molar-refractivity contribution is 6.30. The van der Waals surface area contributed by atoms with Gasteiger partial charge >= 0.3 is 6.18 Å². The van der Waals surface area contributed by atoms with Crippen LogP contribution < -0.4 is 0 Å². The Hall–Kier alpha value is -0.810. The summed E-state index contributed by atoms with van der Waals surface area (Å²) in [5, 5.41) is 0.254. The van der Waals surface area contributed by atoms with E-state index in [4.69, 9.17) is 16.3 Å². The number of halogens is 4. The molecule has 0 saturated carbocycles. The topological polar surface area (TPSA) is 22.1 Å². The van der Waals surface area contributed by atoms with Crippen molar-refractivity contribution in [3.05, 3.63) is 29.0 Å². The molecule has 2 nitrogen and oxygen atoms in total. The van der Waals surface area contributed by atoms with E-state index in [1.165, 1.54) is 6.20 Å². The van der Waals surface area contributed by atoms with Crippen LogP contribution >= 0.6 is 11.6 Å². The molecule has 0 unspecified atom stereocenters. The Morgan fingerprint density at radius 1 is 1.40 bits per heavy atom. The lowest BCUT2D eigenvalue weighted by molar-refractivity contribution is -0.146. The Morgan fingerprint density at radius 3 is 2.73 bits per heavy atom. The fourth-order valence-electron chi connectivity index (χ4n) is 0.897. The summed E-state index contributed by atoms with van der Waals surface area (Å²) in [5.41, 5.74) is 0.585. The number of hydrogen-bond acceptors (Lipinski definition) is 2. The molecule has 6 heteroatoms. The molecule has 0 aliphatic carbocycles. The van der Waals surface area contributed by atoms with Gasteiger partial charge in [-0.05, 0) is 6.07 Å². The molecule has 0 aliphatic rings. The van der Waals surface area contributed by atoms with Crippen LogP contribution in [-0.4, -0.2) is 17.8 Å². The van der Waals surface area contributed by atoms with Gasteiger partial charge in [0.1, 0.15) is 5.15 Å². The normalized spacial score (nSPS) is 11.7. The first-order valence-corrected chi connectivity index (χ1v) is 4.61. The van der Waals surface area contributed by atoms with Gasteiger partial charge in [-0.1, -0.05) is 17.7 Å². The Labute approximate surface area is 90.0 Å². The quantitative estimate of drug-likeness (QED) is 0.595. The second kappa shape index (κ2) is 5.32. The minimum absolute atomic E-state index is 0.0444. The van der Waals surface area contributed by atoms with Gasteiger partial charge in [-0.3, -0.25) is 0 Å². The molecule has 1 heterocycles. The van der Waals surface area contributed by atoms with Crippen LogP contribution in [0.3, 0.4) is 0 Å². The summed E-state index contributed by atoms with van der Waals surface area (Å²) >= 11 is 5.68. The van der Waals surface area contributed by atoms with Gasteiger partial charge in [-0.15, -0.1) is 0 Å². The molecule has 0 N–H and O–H groups in total. The zero-order chi connectivity index (χ0) is 11.3. The number of ether oxygens (including phenoxy) is 1. The third kappa shape index (κ3) is 4.99. The smallest absolute Gasteiger partial charge is 0.376 e. The zero-order valence-corrected chi connectivity index (χ0v) is 8.48. The van der Waals surface area contributed by atoms with E-state index in [0.717, 1.165) is 0 Å². The van der Waals surface area contributed by atoms with Crippen molar-refractivity contribution in [3.8, 4) is 0 Å². The van der Waals surface area contributed by atoms with Crippen LogP contribution in [-0.2, 0) is 11.3 Å². The van der Waals surface area contributed by atoms with Crippen molar-refractivity contribution in [3.63, 3.8) is 0 Å². The summed E-state index contributed by atoms with van der Waals surface area (Å²) in [5.74, 6) is 0. The highest BCUT2D eigenvalue weighted by atomic mass is 35.5. The summed E-state index contributed by atoms with van der Waals surface area (Å²) in [6, 6.07) is 3.30. The molecular formula is C9H9ClF3NO. The molecule has 0 aromatic carbocycles. The zero-order valence-electron chi connectivity index (χ0n) is 7.72. The molecule has 0 amide bonds. The lowest BCUT2D eigenvalue weighted by Crippen LogP contribution is -2.11. The van der Waals surface area contributed by atoms with E-state index in [1.54, 1.807) is 12.1 Å². The van der Waals surface area contributed by atoms with E-state index in [2.05, 4.69) is 4.98 Å². The highest BCUT2D eigenvalue weighted by Crippen LogP contribution is 2.19. The first kappa shape index (κ1) is 12.3. The summed E-state index contributed by atoms with van der Waals surface area (Å²) in [4.78, 5) is 3.77. The summed E-state index contributed by atoms with van der Waals surface area (Å²) in [7, 11) is 0. The van der Waals surface area contributed by atoms with Crippen LogP contribution in [0.15, 0.2) is 18.3 Å². The van der Waals surface area contributed by atoms with E-state index in [9.17, 15) is 13.2 Å². The Bertz CT molecular complexity index is 316. The maximum atomic E-state index is 11.7. The molecule has 0 spiro atoms. The molecular weight excluding hydrogens is 231 g/mol. The lowest BCUT2D eigenvalue weighted by Gasteiger charge is -2.07. The minimum Gasteiger partial charge on any atom is -0.376 e. The number of alkyl halides is 3. The average Bonchev–Trinajstić information content (AvgIpc) is 2.13. The van der Waals surface area contributed by atoms with Crippen LogP contribution in [0.2, 0.25) is 5.15 Å². The SMILES string of the molecule is FC(F)(F)CCOCc1cccnc1Cl. The van der Waals surface area contributed by atoms with Crippen molar-refractivity contribution in [2.24, 2.45) is 0 Å². The molecule has 15 heavy (non-hydrogen) atoms. The second-order valence-electron chi connectivity index (χ2n) is 2.87. The first-order chi connectivity index (χ1) is 6.99. The van der Waals surface area contributed by atoms with Crippen LogP contribution in [0.5, 0.6) is 0 Å². The summed E-state index contributed by atoms with van der Waals surface area (Å²) in [6.45, 7) is -0.322. The third-order valence-corrected chi connectivity index (χ3v) is 1.96. The average molecular weight is 240 g/mol. The molecule has 0 radical (unpaired) electrons. The standard InChI is InChI=1S/C9H9ClF3NO/c10-8-7(2-1-4-14-8)6-15-5-3-9(11,12)13/h1-2,4H,3,5-6H2. The molecule has 1 rings (SSSR count). The van der Waals surface area contributed by atoms with Crippen molar-refractivity contribution < 1.29 is 17.9 Å². The predicted molar refractivity (Wildman–Crippen MR) is 49.6 cm³/mol. The fraction of sp³-hybridized carbons (Fsp3) is 0.444. The van der Waals surface area contributed by atoms with Crippen molar-refractivity contribution in [1.29, 1.82) is 0 Å². The highest BCUT2D eigenvalue weighted by Gasteiger charge is 2.26. The Balaban J connectivity index is 2.30. The van der Waals surface area contributed by atoms with Gasteiger partial charge in [0.2, 0.25) is 0 Å². The largest absolute Gasteiger partial charge is 0.391 e. The van der Waals surface area contributed by atoms with E-state index >= 15 is 0 Å². The van der Waals surface area contributed by atoms with E-state index < -0.39 is 12.6 Å². The van der Waals surface area contributed by atoms with Gasteiger partial charge in [0, 0.05) is 11.8 Å². The van der Waals surface area contributed by atoms with Crippen molar-refractivity contribution in [1.82, 2.24) is 4.98 Å². The molecule has 84 valence electrons. The maximum Gasteiger partial charge on any atom is 0.391 e. The van der Waals surface area contributed by atoms with Crippen molar-refractivity contribution in [2.45, 2.75) is 19.2 Å². The van der Waals surface area contributed by atoms with Gasteiger partial charge in [-0.2, -0.15) is 13.2 Å². The lowest BCUT2D eigenvalue weighted by atomic mass is 10.3. The van der Waals surface area contributed by atoms with Gasteiger partial charge in [0.05, 0.1) is 19.6 Å². The molecule has 0 bridgehead atoms.